The molecule has 5 nitrogen and oxygen atoms in total. The van der Waals surface area contributed by atoms with Gasteiger partial charge in [-0.2, -0.15) is 0 Å². The van der Waals surface area contributed by atoms with Crippen LogP contribution < -0.4 is 5.32 Å². The van der Waals surface area contributed by atoms with Crippen LogP contribution in [-0.4, -0.2) is 28.5 Å². The minimum atomic E-state index is -0.643. The SMILES string of the molecule is O=C(CN1C(=O)S/C(=C/c2ccc(F)c(Br)c2)C1=O)Nc1ccc(F)c(Cl)c1. The average Bonchev–Trinajstić information content (AvgIpc) is 2.89. The van der Waals surface area contributed by atoms with Crippen molar-refractivity contribution < 1.29 is 23.2 Å². The Labute approximate surface area is 175 Å². The maximum absolute atomic E-state index is 13.3. The Hall–Kier alpha value is -2.23. The molecule has 1 aliphatic heterocycles. The molecule has 0 spiro atoms. The summed E-state index contributed by atoms with van der Waals surface area (Å²) in [6, 6.07) is 7.75. The highest BCUT2D eigenvalue weighted by molar-refractivity contribution is 9.10. The first-order chi connectivity index (χ1) is 13.2. The van der Waals surface area contributed by atoms with Gasteiger partial charge in [-0.1, -0.05) is 17.7 Å². The van der Waals surface area contributed by atoms with E-state index in [4.69, 9.17) is 11.6 Å². The molecule has 144 valence electrons. The number of benzene rings is 2. The molecule has 2 aromatic rings. The fourth-order valence-corrected chi connectivity index (χ4v) is 3.72. The standard InChI is InChI=1S/C18H10BrClF2N2O3S/c19-11-5-9(1-3-13(11)21)6-15-17(26)24(18(27)28-15)8-16(25)23-10-2-4-14(22)12(20)7-10/h1-7H,8H2,(H,23,25)/b15-6+. The van der Waals surface area contributed by atoms with Crippen LogP contribution in [0.2, 0.25) is 5.02 Å². The van der Waals surface area contributed by atoms with Crippen LogP contribution >= 0.6 is 39.3 Å². The highest BCUT2D eigenvalue weighted by Crippen LogP contribution is 2.32. The van der Waals surface area contributed by atoms with Gasteiger partial charge in [0, 0.05) is 5.69 Å². The van der Waals surface area contributed by atoms with E-state index in [1.54, 1.807) is 0 Å². The summed E-state index contributed by atoms with van der Waals surface area (Å²) in [5.41, 5.74) is 0.749. The Balaban J connectivity index is 1.70. The second-order valence-corrected chi connectivity index (χ2v) is 7.87. The number of hydrogen-bond acceptors (Lipinski definition) is 4. The van der Waals surface area contributed by atoms with E-state index >= 15 is 0 Å². The van der Waals surface area contributed by atoms with Crippen molar-refractivity contribution >= 4 is 68.1 Å². The van der Waals surface area contributed by atoms with Crippen molar-refractivity contribution in [2.24, 2.45) is 0 Å². The predicted molar refractivity (Wildman–Crippen MR) is 107 cm³/mol. The smallest absolute Gasteiger partial charge is 0.294 e. The zero-order valence-electron chi connectivity index (χ0n) is 13.8. The molecule has 0 saturated carbocycles. The van der Waals surface area contributed by atoms with Crippen LogP contribution in [0.3, 0.4) is 0 Å². The van der Waals surface area contributed by atoms with Gasteiger partial charge in [-0.3, -0.25) is 19.3 Å². The highest BCUT2D eigenvalue weighted by atomic mass is 79.9. The summed E-state index contributed by atoms with van der Waals surface area (Å²) in [6.07, 6.45) is 1.44. The van der Waals surface area contributed by atoms with Crippen molar-refractivity contribution in [2.75, 3.05) is 11.9 Å². The number of rotatable bonds is 4. The molecule has 28 heavy (non-hydrogen) atoms. The van der Waals surface area contributed by atoms with E-state index in [0.717, 1.165) is 11.0 Å². The van der Waals surface area contributed by atoms with Crippen molar-refractivity contribution in [1.29, 1.82) is 0 Å². The second kappa shape index (κ2) is 8.42. The Kier molecular flexibility index (Phi) is 6.17. The van der Waals surface area contributed by atoms with Crippen molar-refractivity contribution in [3.05, 3.63) is 68.0 Å². The second-order valence-electron chi connectivity index (χ2n) is 5.62. The number of hydrogen-bond donors (Lipinski definition) is 1. The number of nitrogens with one attached hydrogen (secondary N) is 1. The van der Waals surface area contributed by atoms with Crippen LogP contribution in [0, 0.1) is 11.6 Å². The topological polar surface area (TPSA) is 66.5 Å². The molecule has 0 bridgehead atoms. The normalized spacial score (nSPS) is 15.4. The van der Waals surface area contributed by atoms with E-state index in [1.165, 1.54) is 36.4 Å². The largest absolute Gasteiger partial charge is 0.324 e. The van der Waals surface area contributed by atoms with E-state index in [9.17, 15) is 23.2 Å². The Bertz CT molecular complexity index is 1030. The lowest BCUT2D eigenvalue weighted by molar-refractivity contribution is -0.127. The molecule has 3 amide bonds. The van der Waals surface area contributed by atoms with E-state index < -0.39 is 35.2 Å². The summed E-state index contributed by atoms with van der Waals surface area (Å²) >= 11 is 9.38. The van der Waals surface area contributed by atoms with Crippen molar-refractivity contribution in [1.82, 2.24) is 4.90 Å². The molecule has 1 heterocycles. The molecule has 1 aliphatic rings. The van der Waals surface area contributed by atoms with Gasteiger partial charge in [-0.15, -0.1) is 0 Å². The first kappa shape index (κ1) is 20.5. The molecule has 0 radical (unpaired) electrons. The predicted octanol–water partition coefficient (Wildman–Crippen LogP) is 5.06. The van der Waals surface area contributed by atoms with Gasteiger partial charge in [0.25, 0.3) is 11.1 Å². The minimum Gasteiger partial charge on any atom is -0.324 e. The number of thioether (sulfide) groups is 1. The van der Waals surface area contributed by atoms with E-state index in [0.29, 0.717) is 17.3 Å². The number of halogens is 4. The summed E-state index contributed by atoms with van der Waals surface area (Å²) in [7, 11) is 0. The molecule has 1 fully saturated rings. The monoisotopic (exact) mass is 486 g/mol. The summed E-state index contributed by atoms with van der Waals surface area (Å²) in [6.45, 7) is -0.510. The lowest BCUT2D eigenvalue weighted by atomic mass is 10.2. The summed E-state index contributed by atoms with van der Waals surface area (Å²) in [4.78, 5) is 37.6. The molecule has 1 saturated heterocycles. The third-order valence-electron chi connectivity index (χ3n) is 3.62. The van der Waals surface area contributed by atoms with Gasteiger partial charge >= 0.3 is 0 Å². The molecule has 3 rings (SSSR count). The Morgan fingerprint density at radius 3 is 2.57 bits per heavy atom. The van der Waals surface area contributed by atoms with E-state index in [-0.39, 0.29) is 20.1 Å². The van der Waals surface area contributed by atoms with Gasteiger partial charge in [0.2, 0.25) is 5.91 Å². The number of amides is 3. The van der Waals surface area contributed by atoms with Crippen molar-refractivity contribution in [3.63, 3.8) is 0 Å². The molecule has 1 N–H and O–H groups in total. The van der Waals surface area contributed by atoms with Gasteiger partial charge in [0.1, 0.15) is 18.2 Å². The van der Waals surface area contributed by atoms with Crippen LogP contribution in [0.25, 0.3) is 6.08 Å². The third kappa shape index (κ3) is 4.60. The zero-order chi connectivity index (χ0) is 20.4. The molecule has 0 unspecified atom stereocenters. The summed E-state index contributed by atoms with van der Waals surface area (Å²) in [5, 5.41) is 1.67. The Morgan fingerprint density at radius 2 is 1.89 bits per heavy atom. The Morgan fingerprint density at radius 1 is 1.18 bits per heavy atom. The van der Waals surface area contributed by atoms with Crippen molar-refractivity contribution in [2.45, 2.75) is 0 Å². The summed E-state index contributed by atoms with van der Waals surface area (Å²) in [5.74, 6) is -2.37. The molecule has 10 heteroatoms. The van der Waals surface area contributed by atoms with Gasteiger partial charge in [0.15, 0.2) is 0 Å². The molecule has 0 aromatic heterocycles. The third-order valence-corrected chi connectivity index (χ3v) is 5.42. The van der Waals surface area contributed by atoms with Gasteiger partial charge in [0.05, 0.1) is 14.4 Å². The average molecular weight is 488 g/mol. The summed E-state index contributed by atoms with van der Waals surface area (Å²) < 4.78 is 26.7. The molecule has 0 atom stereocenters. The minimum absolute atomic E-state index is 0.112. The number of nitrogens with zero attached hydrogens (tertiary/aromatic N) is 1. The lowest BCUT2D eigenvalue weighted by Crippen LogP contribution is -2.36. The zero-order valence-corrected chi connectivity index (χ0v) is 17.0. The van der Waals surface area contributed by atoms with Crippen LogP contribution in [0.5, 0.6) is 0 Å². The maximum Gasteiger partial charge on any atom is 0.294 e. The number of anilines is 1. The van der Waals surface area contributed by atoms with Gasteiger partial charge in [-0.25, -0.2) is 8.78 Å². The van der Waals surface area contributed by atoms with Crippen LogP contribution in [0.1, 0.15) is 5.56 Å². The molecule has 2 aromatic carbocycles. The highest BCUT2D eigenvalue weighted by Gasteiger charge is 2.36. The van der Waals surface area contributed by atoms with Crippen LogP contribution in [-0.2, 0) is 9.59 Å². The van der Waals surface area contributed by atoms with Crippen LogP contribution in [0.4, 0.5) is 19.3 Å². The first-order valence-corrected chi connectivity index (χ1v) is 9.68. The fourth-order valence-electron chi connectivity index (χ4n) is 2.31. The van der Waals surface area contributed by atoms with Gasteiger partial charge < -0.3 is 5.32 Å². The van der Waals surface area contributed by atoms with Gasteiger partial charge in [-0.05, 0) is 69.7 Å². The molecular formula is C18H10BrClF2N2O3S. The van der Waals surface area contributed by atoms with E-state index in [2.05, 4.69) is 21.2 Å². The number of carbonyl (C=O) groups excluding carboxylic acids is 3. The first-order valence-electron chi connectivity index (χ1n) is 7.70. The van der Waals surface area contributed by atoms with E-state index in [1.807, 2.05) is 0 Å². The van der Waals surface area contributed by atoms with Crippen LogP contribution in [0.15, 0.2) is 45.8 Å². The molecule has 0 aliphatic carbocycles. The maximum atomic E-state index is 13.3. The lowest BCUT2D eigenvalue weighted by Gasteiger charge is -2.12. The number of carbonyl (C=O) groups is 3. The quantitative estimate of drug-likeness (QED) is 0.613. The fraction of sp³-hybridized carbons (Fsp3) is 0.0556. The number of imide groups is 1. The molecular weight excluding hydrogens is 478 g/mol. The van der Waals surface area contributed by atoms with Crippen molar-refractivity contribution in [3.8, 4) is 0 Å².